The number of carbonyl (C=O) groups is 2. The van der Waals surface area contributed by atoms with Crippen molar-refractivity contribution in [1.82, 2.24) is 5.32 Å². The van der Waals surface area contributed by atoms with Gasteiger partial charge in [0, 0.05) is 0 Å². The number of rotatable bonds is 7. The molecule has 22 heavy (non-hydrogen) atoms. The first-order valence-corrected chi connectivity index (χ1v) is 7.83. The Bertz CT molecular complexity index is 394. The van der Waals surface area contributed by atoms with Gasteiger partial charge in [0.1, 0.15) is 5.60 Å². The van der Waals surface area contributed by atoms with E-state index in [4.69, 9.17) is 4.74 Å². The second kappa shape index (κ2) is 8.81. The Morgan fingerprint density at radius 1 is 1.14 bits per heavy atom. The minimum absolute atomic E-state index is 0.00465. The van der Waals surface area contributed by atoms with E-state index in [2.05, 4.69) is 19.2 Å². The van der Waals surface area contributed by atoms with Crippen molar-refractivity contribution in [2.75, 3.05) is 0 Å². The number of ether oxygens (including phenoxy) is 1. The smallest absolute Gasteiger partial charge is 0.408 e. The zero-order valence-corrected chi connectivity index (χ0v) is 14.8. The Kier molecular flexibility index (Phi) is 8.20. The lowest BCUT2D eigenvalue weighted by Crippen LogP contribution is -2.39. The first-order valence-electron chi connectivity index (χ1n) is 7.83. The first kappa shape index (κ1) is 20.5. The molecule has 5 nitrogen and oxygen atoms in total. The van der Waals surface area contributed by atoms with E-state index in [9.17, 15) is 14.7 Å². The Morgan fingerprint density at radius 2 is 1.68 bits per heavy atom. The summed E-state index contributed by atoms with van der Waals surface area (Å²) >= 11 is 0. The molecular formula is C17H31NO4. The molecule has 128 valence electrons. The van der Waals surface area contributed by atoms with Crippen molar-refractivity contribution in [1.29, 1.82) is 0 Å². The summed E-state index contributed by atoms with van der Waals surface area (Å²) in [5.41, 5.74) is -0.558. The monoisotopic (exact) mass is 313 g/mol. The van der Waals surface area contributed by atoms with Crippen molar-refractivity contribution < 1.29 is 19.4 Å². The summed E-state index contributed by atoms with van der Waals surface area (Å²) in [6.45, 7) is 13.2. The molecule has 0 spiro atoms. The molecule has 0 radical (unpaired) electrons. The standard InChI is InChI=1S/C17H31NO4/c1-11(2)10-13(18-16(21)22-17(5,6)7)8-9-14(12(3)4)15(19)20/h8-9,11-14H,10H2,1-7H3,(H,18,21)(H,19,20). The molecule has 0 aliphatic rings. The van der Waals surface area contributed by atoms with Crippen LogP contribution in [0.2, 0.25) is 0 Å². The molecule has 0 fully saturated rings. The van der Waals surface area contributed by atoms with Crippen LogP contribution in [0.15, 0.2) is 12.2 Å². The maximum Gasteiger partial charge on any atom is 0.408 e. The van der Waals surface area contributed by atoms with E-state index in [0.29, 0.717) is 5.92 Å². The highest BCUT2D eigenvalue weighted by atomic mass is 16.6. The van der Waals surface area contributed by atoms with Gasteiger partial charge in [-0.1, -0.05) is 39.8 Å². The van der Waals surface area contributed by atoms with Crippen molar-refractivity contribution in [2.24, 2.45) is 17.8 Å². The van der Waals surface area contributed by atoms with Gasteiger partial charge < -0.3 is 15.2 Å². The lowest BCUT2D eigenvalue weighted by Gasteiger charge is -2.23. The third-order valence-electron chi connectivity index (χ3n) is 2.98. The second-order valence-electron chi connectivity index (χ2n) is 7.38. The lowest BCUT2D eigenvalue weighted by atomic mass is 9.94. The van der Waals surface area contributed by atoms with Crippen molar-refractivity contribution >= 4 is 12.1 Å². The van der Waals surface area contributed by atoms with Crippen LogP contribution in [0.3, 0.4) is 0 Å². The summed E-state index contributed by atoms with van der Waals surface area (Å²) in [4.78, 5) is 23.1. The van der Waals surface area contributed by atoms with E-state index in [-0.39, 0.29) is 12.0 Å². The van der Waals surface area contributed by atoms with Crippen LogP contribution in [0.4, 0.5) is 4.79 Å². The number of alkyl carbamates (subject to hydrolysis) is 1. The zero-order chi connectivity index (χ0) is 17.5. The molecule has 0 aliphatic heterocycles. The number of hydrogen-bond donors (Lipinski definition) is 2. The quantitative estimate of drug-likeness (QED) is 0.700. The predicted octanol–water partition coefficient (Wildman–Crippen LogP) is 3.84. The van der Waals surface area contributed by atoms with Crippen LogP contribution in [0, 0.1) is 17.8 Å². The topological polar surface area (TPSA) is 75.6 Å². The van der Waals surface area contributed by atoms with E-state index in [1.807, 2.05) is 13.8 Å². The fourth-order valence-electron chi connectivity index (χ4n) is 2.00. The SMILES string of the molecule is CC(C)CC(C=CC(C(=O)O)C(C)C)NC(=O)OC(C)(C)C. The average Bonchev–Trinajstić information content (AvgIpc) is 2.23. The molecule has 0 saturated heterocycles. The number of carboxylic acids is 1. The van der Waals surface area contributed by atoms with Crippen LogP contribution >= 0.6 is 0 Å². The molecule has 0 bridgehead atoms. The van der Waals surface area contributed by atoms with Gasteiger partial charge in [-0.25, -0.2) is 4.79 Å². The van der Waals surface area contributed by atoms with E-state index < -0.39 is 23.6 Å². The number of carboxylic acid groups (broad SMARTS) is 1. The van der Waals surface area contributed by atoms with Crippen LogP contribution in [0.25, 0.3) is 0 Å². The minimum Gasteiger partial charge on any atom is -0.481 e. The summed E-state index contributed by atoms with van der Waals surface area (Å²) < 4.78 is 5.25. The normalized spacial score (nSPS) is 15.1. The van der Waals surface area contributed by atoms with Gasteiger partial charge in [0.2, 0.25) is 0 Å². The Balaban J connectivity index is 4.91. The molecule has 0 aliphatic carbocycles. The molecule has 0 aromatic carbocycles. The highest BCUT2D eigenvalue weighted by molar-refractivity contribution is 5.72. The van der Waals surface area contributed by atoms with Crippen molar-refractivity contribution in [2.45, 2.75) is 66.5 Å². The largest absolute Gasteiger partial charge is 0.481 e. The molecule has 0 rings (SSSR count). The van der Waals surface area contributed by atoms with E-state index >= 15 is 0 Å². The third kappa shape index (κ3) is 9.42. The molecule has 2 N–H and O–H groups in total. The van der Waals surface area contributed by atoms with Gasteiger partial charge in [0.05, 0.1) is 12.0 Å². The Hall–Kier alpha value is -1.52. The highest BCUT2D eigenvalue weighted by Crippen LogP contribution is 2.15. The summed E-state index contributed by atoms with van der Waals surface area (Å²) in [6, 6.07) is -0.240. The lowest BCUT2D eigenvalue weighted by molar-refractivity contribution is -0.141. The minimum atomic E-state index is -0.855. The number of aliphatic carboxylic acids is 1. The number of nitrogens with one attached hydrogen (secondary N) is 1. The zero-order valence-electron chi connectivity index (χ0n) is 14.8. The molecule has 0 aromatic heterocycles. The van der Waals surface area contributed by atoms with Gasteiger partial charge >= 0.3 is 12.1 Å². The number of carbonyl (C=O) groups excluding carboxylic acids is 1. The van der Waals surface area contributed by atoms with Crippen molar-refractivity contribution in [3.8, 4) is 0 Å². The van der Waals surface area contributed by atoms with E-state index in [0.717, 1.165) is 6.42 Å². The van der Waals surface area contributed by atoms with Crippen LogP contribution in [-0.4, -0.2) is 28.8 Å². The van der Waals surface area contributed by atoms with E-state index in [1.165, 1.54) is 0 Å². The summed E-state index contributed by atoms with van der Waals surface area (Å²) in [6.07, 6.45) is 3.67. The van der Waals surface area contributed by atoms with Crippen LogP contribution < -0.4 is 5.32 Å². The molecule has 5 heteroatoms. The molecular weight excluding hydrogens is 282 g/mol. The van der Waals surface area contributed by atoms with Gasteiger partial charge in [-0.05, 0) is 39.0 Å². The first-order chi connectivity index (χ1) is 9.92. The predicted molar refractivity (Wildman–Crippen MR) is 87.7 cm³/mol. The molecule has 0 heterocycles. The number of hydrogen-bond acceptors (Lipinski definition) is 3. The summed E-state index contributed by atoms with van der Waals surface area (Å²) in [5, 5.41) is 12.0. The van der Waals surface area contributed by atoms with Gasteiger partial charge in [0.15, 0.2) is 0 Å². The van der Waals surface area contributed by atoms with Crippen LogP contribution in [-0.2, 0) is 9.53 Å². The fraction of sp³-hybridized carbons (Fsp3) is 0.765. The molecule has 0 aromatic rings. The summed E-state index contributed by atoms with van der Waals surface area (Å²) in [5.74, 6) is -1.05. The second-order valence-corrected chi connectivity index (χ2v) is 7.38. The third-order valence-corrected chi connectivity index (χ3v) is 2.98. The van der Waals surface area contributed by atoms with Gasteiger partial charge in [-0.2, -0.15) is 0 Å². The molecule has 2 unspecified atom stereocenters. The van der Waals surface area contributed by atoms with Crippen molar-refractivity contribution in [3.63, 3.8) is 0 Å². The number of amides is 1. The van der Waals surface area contributed by atoms with Crippen LogP contribution in [0.1, 0.15) is 54.9 Å². The van der Waals surface area contributed by atoms with Gasteiger partial charge in [-0.15, -0.1) is 0 Å². The van der Waals surface area contributed by atoms with Crippen molar-refractivity contribution in [3.05, 3.63) is 12.2 Å². The summed E-state index contributed by atoms with van der Waals surface area (Å²) in [7, 11) is 0. The van der Waals surface area contributed by atoms with Crippen LogP contribution in [0.5, 0.6) is 0 Å². The molecule has 1 amide bonds. The Labute approximate surface area is 134 Å². The van der Waals surface area contributed by atoms with Gasteiger partial charge in [0.25, 0.3) is 0 Å². The highest BCUT2D eigenvalue weighted by Gasteiger charge is 2.21. The Morgan fingerprint density at radius 3 is 2.05 bits per heavy atom. The van der Waals surface area contributed by atoms with E-state index in [1.54, 1.807) is 32.9 Å². The fourth-order valence-corrected chi connectivity index (χ4v) is 2.00. The average molecular weight is 313 g/mol. The maximum atomic E-state index is 11.9. The molecule has 2 atom stereocenters. The van der Waals surface area contributed by atoms with Gasteiger partial charge in [-0.3, -0.25) is 4.79 Å². The molecule has 0 saturated carbocycles. The maximum absolute atomic E-state index is 11.9.